The second kappa shape index (κ2) is 9.46. The van der Waals surface area contributed by atoms with Crippen LogP contribution in [0.5, 0.6) is 11.5 Å². The van der Waals surface area contributed by atoms with E-state index in [0.29, 0.717) is 11.6 Å². The van der Waals surface area contributed by atoms with Crippen molar-refractivity contribution in [1.82, 2.24) is 0 Å². The quantitative estimate of drug-likeness (QED) is 0.353. The summed E-state index contributed by atoms with van der Waals surface area (Å²) in [5, 5.41) is 10.7. The number of halogens is 4. The molecule has 0 heterocycles. The molecule has 0 spiro atoms. The minimum Gasteiger partial charge on any atom is -0.455 e. The number of carbonyl (C=O) groups excluding carboxylic acids is 1. The number of amides is 1. The summed E-state index contributed by atoms with van der Waals surface area (Å²) in [6, 6.07) is 4.62. The smallest absolute Gasteiger partial charge is 0.416 e. The van der Waals surface area contributed by atoms with E-state index in [1.54, 1.807) is 6.92 Å². The van der Waals surface area contributed by atoms with Gasteiger partial charge in [-0.05, 0) is 24.6 Å². The largest absolute Gasteiger partial charge is 0.455 e. The predicted octanol–water partition coefficient (Wildman–Crippen LogP) is 4.22. The van der Waals surface area contributed by atoms with E-state index in [1.807, 2.05) is 0 Å². The topological polar surface area (TPSA) is 122 Å². The SMILES string of the molecule is CCc1cc([N+](=O)[O-])c([PH](=O)OCC(N)=O)cc1Oc1ccc(C(F)(F)F)cc1Cl. The highest BCUT2D eigenvalue weighted by atomic mass is 35.5. The number of carbonyl (C=O) groups is 1. The van der Waals surface area contributed by atoms with E-state index in [9.17, 15) is 32.6 Å². The van der Waals surface area contributed by atoms with E-state index in [0.717, 1.165) is 24.3 Å². The number of primary amides is 1. The minimum absolute atomic E-state index is 0.0132. The number of benzene rings is 2. The first kappa shape index (κ1) is 23.7. The lowest BCUT2D eigenvalue weighted by Gasteiger charge is -2.15. The molecule has 0 fully saturated rings. The highest BCUT2D eigenvalue weighted by molar-refractivity contribution is 7.48. The molecule has 162 valence electrons. The number of nitro groups is 1. The first-order chi connectivity index (χ1) is 13.9. The number of rotatable bonds is 8. The van der Waals surface area contributed by atoms with Crippen molar-refractivity contribution in [3.63, 3.8) is 0 Å². The fourth-order valence-electron chi connectivity index (χ4n) is 2.39. The lowest BCUT2D eigenvalue weighted by atomic mass is 10.1. The molecule has 1 atom stereocenters. The first-order valence-corrected chi connectivity index (χ1v) is 9.94. The van der Waals surface area contributed by atoms with Crippen LogP contribution < -0.4 is 15.8 Å². The Balaban J connectivity index is 2.49. The van der Waals surface area contributed by atoms with E-state index in [2.05, 4.69) is 0 Å². The average molecular weight is 467 g/mol. The van der Waals surface area contributed by atoms with Gasteiger partial charge in [0.25, 0.3) is 5.69 Å². The lowest BCUT2D eigenvalue weighted by molar-refractivity contribution is -0.383. The third-order valence-electron chi connectivity index (χ3n) is 3.80. The van der Waals surface area contributed by atoms with Crippen LogP contribution in [-0.2, 0) is 26.5 Å². The van der Waals surface area contributed by atoms with Crippen LogP contribution in [0.2, 0.25) is 5.02 Å². The maximum atomic E-state index is 12.8. The molecule has 13 heteroatoms. The molecule has 1 unspecified atom stereocenters. The summed E-state index contributed by atoms with van der Waals surface area (Å²) in [5.41, 5.74) is 3.72. The van der Waals surface area contributed by atoms with Gasteiger partial charge in [-0.3, -0.25) is 19.5 Å². The van der Waals surface area contributed by atoms with Crippen molar-refractivity contribution < 1.29 is 36.7 Å². The molecule has 0 saturated heterocycles. The molecule has 0 aliphatic carbocycles. The molecule has 0 aromatic heterocycles. The van der Waals surface area contributed by atoms with Crippen LogP contribution in [0.3, 0.4) is 0 Å². The maximum absolute atomic E-state index is 12.8. The van der Waals surface area contributed by atoms with Crippen molar-refractivity contribution in [3.8, 4) is 11.5 Å². The molecule has 30 heavy (non-hydrogen) atoms. The summed E-state index contributed by atoms with van der Waals surface area (Å²) >= 11 is 5.88. The third-order valence-corrected chi connectivity index (χ3v) is 5.34. The molecule has 0 saturated carbocycles. The Labute approximate surface area is 173 Å². The van der Waals surface area contributed by atoms with Gasteiger partial charge in [0, 0.05) is 17.7 Å². The van der Waals surface area contributed by atoms with Gasteiger partial charge in [0.2, 0.25) is 13.9 Å². The molecule has 2 rings (SSSR count). The van der Waals surface area contributed by atoms with E-state index in [-0.39, 0.29) is 28.2 Å². The normalized spacial score (nSPS) is 12.4. The van der Waals surface area contributed by atoms with Gasteiger partial charge in [-0.15, -0.1) is 0 Å². The monoisotopic (exact) mass is 466 g/mol. The fourth-order valence-corrected chi connectivity index (χ4v) is 3.66. The van der Waals surface area contributed by atoms with Gasteiger partial charge in [0.15, 0.2) is 0 Å². The van der Waals surface area contributed by atoms with Gasteiger partial charge < -0.3 is 15.0 Å². The fraction of sp³-hybridized carbons (Fsp3) is 0.235. The molecule has 0 aliphatic heterocycles. The molecular formula is C17H15ClF3N2O6P. The van der Waals surface area contributed by atoms with E-state index in [4.69, 9.17) is 26.6 Å². The van der Waals surface area contributed by atoms with E-state index < -0.39 is 42.9 Å². The summed E-state index contributed by atoms with van der Waals surface area (Å²) in [7, 11) is -3.26. The molecule has 0 radical (unpaired) electrons. The van der Waals surface area contributed by atoms with Crippen LogP contribution in [0, 0.1) is 10.1 Å². The first-order valence-electron chi connectivity index (χ1n) is 8.25. The number of aryl methyl sites for hydroxylation is 1. The summed E-state index contributed by atoms with van der Waals surface area (Å²) in [5.74, 6) is -1.08. The number of hydrogen-bond donors (Lipinski definition) is 1. The summed E-state index contributed by atoms with van der Waals surface area (Å²) in [4.78, 5) is 21.4. The predicted molar refractivity (Wildman–Crippen MR) is 103 cm³/mol. The van der Waals surface area contributed by atoms with Crippen molar-refractivity contribution >= 4 is 36.5 Å². The van der Waals surface area contributed by atoms with Crippen LogP contribution in [0.1, 0.15) is 18.1 Å². The highest BCUT2D eigenvalue weighted by Gasteiger charge is 2.31. The Bertz CT molecular complexity index is 1020. The van der Waals surface area contributed by atoms with Crippen LogP contribution >= 0.6 is 19.6 Å². The van der Waals surface area contributed by atoms with Crippen LogP contribution in [-0.4, -0.2) is 17.4 Å². The Morgan fingerprint density at radius 1 is 1.27 bits per heavy atom. The molecule has 2 N–H and O–H groups in total. The van der Waals surface area contributed by atoms with Gasteiger partial charge in [-0.1, -0.05) is 18.5 Å². The zero-order valence-electron chi connectivity index (χ0n) is 15.3. The molecule has 0 aliphatic rings. The van der Waals surface area contributed by atoms with Gasteiger partial charge >= 0.3 is 6.18 Å². The van der Waals surface area contributed by atoms with Crippen molar-refractivity contribution in [2.45, 2.75) is 19.5 Å². The Morgan fingerprint density at radius 2 is 1.93 bits per heavy atom. The van der Waals surface area contributed by atoms with Crippen molar-refractivity contribution in [3.05, 3.63) is 56.6 Å². The van der Waals surface area contributed by atoms with E-state index >= 15 is 0 Å². The maximum Gasteiger partial charge on any atom is 0.416 e. The number of nitrogens with zero attached hydrogens (tertiary/aromatic N) is 1. The number of nitro benzene ring substituents is 1. The van der Waals surface area contributed by atoms with Crippen molar-refractivity contribution in [1.29, 1.82) is 0 Å². The van der Waals surface area contributed by atoms with Gasteiger partial charge in [-0.2, -0.15) is 13.2 Å². The van der Waals surface area contributed by atoms with Crippen molar-refractivity contribution in [2.24, 2.45) is 5.73 Å². The van der Waals surface area contributed by atoms with Crippen LogP contribution in [0.25, 0.3) is 0 Å². The second-order valence-corrected chi connectivity index (χ2v) is 7.68. The van der Waals surface area contributed by atoms with Gasteiger partial charge in [-0.25, -0.2) is 0 Å². The molecular weight excluding hydrogens is 452 g/mol. The molecule has 8 nitrogen and oxygen atoms in total. The molecule has 0 bridgehead atoms. The molecule has 2 aromatic rings. The van der Waals surface area contributed by atoms with Gasteiger partial charge in [0.1, 0.15) is 23.4 Å². The zero-order valence-corrected chi connectivity index (χ0v) is 17.0. The minimum atomic E-state index is -4.60. The average Bonchev–Trinajstić information content (AvgIpc) is 2.66. The lowest BCUT2D eigenvalue weighted by Crippen LogP contribution is -2.17. The van der Waals surface area contributed by atoms with E-state index in [1.165, 1.54) is 0 Å². The standard InChI is InChI=1S/C17H15ClF3N2O6P/c1-2-9-5-12(23(25)26)15(30(27)28-8-16(22)24)7-14(9)29-13-4-3-10(6-11(13)18)17(19,20)21/h3-7,30H,2,8H2,1H3,(H2,22,24). The number of ether oxygens (including phenoxy) is 1. The Kier molecular flexibility index (Phi) is 7.46. The molecule has 2 aromatic carbocycles. The van der Waals surface area contributed by atoms with Crippen LogP contribution in [0.4, 0.5) is 18.9 Å². The molecule has 1 amide bonds. The summed E-state index contributed by atoms with van der Waals surface area (Å²) in [6.07, 6.45) is -4.35. The Morgan fingerprint density at radius 3 is 2.43 bits per heavy atom. The highest BCUT2D eigenvalue weighted by Crippen LogP contribution is 2.39. The number of alkyl halides is 3. The van der Waals surface area contributed by atoms with Crippen molar-refractivity contribution in [2.75, 3.05) is 6.61 Å². The second-order valence-electron chi connectivity index (χ2n) is 5.88. The third kappa shape index (κ3) is 5.71. The Hall–Kier alpha value is -2.62. The zero-order chi connectivity index (χ0) is 22.6. The summed E-state index contributed by atoms with van der Waals surface area (Å²) in [6.45, 7) is 0.942. The van der Waals surface area contributed by atoms with Crippen LogP contribution in [0.15, 0.2) is 30.3 Å². The number of hydrogen-bond acceptors (Lipinski definition) is 6. The summed E-state index contributed by atoms with van der Waals surface area (Å²) < 4.78 is 61.1. The number of nitrogens with two attached hydrogens (primary N) is 1. The van der Waals surface area contributed by atoms with Gasteiger partial charge in [0.05, 0.1) is 15.5 Å².